The number of hydrogen-bond acceptors (Lipinski definition) is 2. The van der Waals surface area contributed by atoms with Crippen molar-refractivity contribution in [2.45, 2.75) is 13.5 Å². The summed E-state index contributed by atoms with van der Waals surface area (Å²) in [5.74, 6) is 2.21. The average molecular weight is 183 g/mol. The van der Waals surface area contributed by atoms with Crippen molar-refractivity contribution in [3.8, 4) is 0 Å². The predicted molar refractivity (Wildman–Crippen MR) is 52.8 cm³/mol. The van der Waals surface area contributed by atoms with Crippen LogP contribution in [-0.2, 0) is 6.54 Å². The molecule has 1 aromatic heterocycles. The van der Waals surface area contributed by atoms with E-state index in [9.17, 15) is 4.79 Å². The molecule has 12 heavy (non-hydrogen) atoms. The van der Waals surface area contributed by atoms with Crippen LogP contribution in [0.5, 0.6) is 0 Å². The van der Waals surface area contributed by atoms with Crippen LogP contribution in [0.25, 0.3) is 0 Å². The smallest absolute Gasteiger partial charge is 0.166 e. The monoisotopic (exact) mass is 183 g/mol. The van der Waals surface area contributed by atoms with Crippen molar-refractivity contribution in [3.63, 3.8) is 0 Å². The highest BCUT2D eigenvalue weighted by Crippen LogP contribution is 2.03. The first-order valence-corrected chi connectivity index (χ1v) is 5.22. The van der Waals surface area contributed by atoms with Crippen LogP contribution in [0, 0.1) is 0 Å². The lowest BCUT2D eigenvalue weighted by Crippen LogP contribution is -2.02. The number of carbonyl (C=O) groups excluding carboxylic acids is 1. The predicted octanol–water partition coefficient (Wildman–Crippen LogP) is 2.05. The van der Waals surface area contributed by atoms with Gasteiger partial charge in [-0.15, -0.1) is 0 Å². The maximum absolute atomic E-state index is 10.5. The summed E-state index contributed by atoms with van der Waals surface area (Å²) in [6.45, 7) is 3.07. The molecule has 1 rings (SSSR count). The third-order valence-electron chi connectivity index (χ3n) is 1.67. The summed E-state index contributed by atoms with van der Waals surface area (Å²) in [4.78, 5) is 10.5. The summed E-state index contributed by atoms with van der Waals surface area (Å²) in [6, 6.07) is 3.74. The molecule has 0 aliphatic carbocycles. The first kappa shape index (κ1) is 9.39. The molecule has 0 N–H and O–H groups in total. The zero-order valence-corrected chi connectivity index (χ0v) is 8.01. The molecule has 66 valence electrons. The Morgan fingerprint density at radius 1 is 1.67 bits per heavy atom. The number of aryl methyl sites for hydroxylation is 1. The number of nitrogens with zero attached hydrogens (tertiary/aromatic N) is 1. The molecule has 0 aliphatic heterocycles. The maximum atomic E-state index is 10.5. The minimum absolute atomic E-state index is 0.770. The molecule has 3 heteroatoms. The molecule has 0 saturated heterocycles. The van der Waals surface area contributed by atoms with Crippen LogP contribution < -0.4 is 0 Å². The average Bonchev–Trinajstić information content (AvgIpc) is 2.52. The van der Waals surface area contributed by atoms with Crippen molar-refractivity contribution >= 4 is 18.0 Å². The highest BCUT2D eigenvalue weighted by atomic mass is 32.2. The second-order valence-corrected chi connectivity index (χ2v) is 3.84. The molecular formula is C9H13NOS. The van der Waals surface area contributed by atoms with Crippen molar-refractivity contribution < 1.29 is 4.79 Å². The fourth-order valence-electron chi connectivity index (χ4n) is 1.05. The van der Waals surface area contributed by atoms with Crippen LogP contribution in [0.3, 0.4) is 0 Å². The number of thioether (sulfide) groups is 1. The summed E-state index contributed by atoms with van der Waals surface area (Å²) in [5.41, 5.74) is 0.770. The van der Waals surface area contributed by atoms with Crippen molar-refractivity contribution in [1.29, 1.82) is 0 Å². The number of aromatic nitrogens is 1. The summed E-state index contributed by atoms with van der Waals surface area (Å²) >= 11 is 1.89. The van der Waals surface area contributed by atoms with E-state index in [1.165, 1.54) is 0 Å². The molecule has 0 bridgehead atoms. The van der Waals surface area contributed by atoms with Crippen molar-refractivity contribution in [2.24, 2.45) is 0 Å². The van der Waals surface area contributed by atoms with Crippen LogP contribution >= 0.6 is 11.8 Å². The van der Waals surface area contributed by atoms with Gasteiger partial charge in [-0.1, -0.05) is 6.92 Å². The van der Waals surface area contributed by atoms with E-state index in [0.29, 0.717) is 0 Å². The van der Waals surface area contributed by atoms with Crippen LogP contribution in [0.4, 0.5) is 0 Å². The van der Waals surface area contributed by atoms with Crippen molar-refractivity contribution in [1.82, 2.24) is 4.57 Å². The van der Waals surface area contributed by atoms with Gasteiger partial charge in [-0.2, -0.15) is 11.8 Å². The highest BCUT2D eigenvalue weighted by Gasteiger charge is 1.97. The molecule has 1 heterocycles. The highest BCUT2D eigenvalue weighted by molar-refractivity contribution is 7.99. The second-order valence-electron chi connectivity index (χ2n) is 2.44. The van der Waals surface area contributed by atoms with Gasteiger partial charge in [0.15, 0.2) is 6.29 Å². The van der Waals surface area contributed by atoms with E-state index in [1.807, 2.05) is 34.7 Å². The first-order chi connectivity index (χ1) is 5.88. The molecule has 0 aliphatic rings. The molecule has 2 nitrogen and oxygen atoms in total. The summed E-state index contributed by atoms with van der Waals surface area (Å²) in [6.07, 6.45) is 2.84. The Morgan fingerprint density at radius 2 is 2.50 bits per heavy atom. The van der Waals surface area contributed by atoms with Gasteiger partial charge in [0.2, 0.25) is 0 Å². The van der Waals surface area contributed by atoms with Crippen LogP contribution in [0.2, 0.25) is 0 Å². The van der Waals surface area contributed by atoms with E-state index < -0.39 is 0 Å². The summed E-state index contributed by atoms with van der Waals surface area (Å²) in [7, 11) is 0. The molecule has 0 saturated carbocycles. The third kappa shape index (κ3) is 2.41. The molecule has 0 radical (unpaired) electrons. The fourth-order valence-corrected chi connectivity index (χ4v) is 1.66. The van der Waals surface area contributed by atoms with Gasteiger partial charge in [0.25, 0.3) is 0 Å². The normalized spacial score (nSPS) is 10.1. The molecule has 0 unspecified atom stereocenters. The second kappa shape index (κ2) is 5.04. The lowest BCUT2D eigenvalue weighted by atomic mass is 10.5. The van der Waals surface area contributed by atoms with E-state index in [0.717, 1.165) is 30.0 Å². The Bertz CT molecular complexity index is 244. The maximum Gasteiger partial charge on any atom is 0.166 e. The third-order valence-corrected chi connectivity index (χ3v) is 2.55. The standard InChI is InChI=1S/C9H13NOS/c1-2-12-7-6-10-5-3-4-9(10)8-11/h3-5,8H,2,6-7H2,1H3. The lowest BCUT2D eigenvalue weighted by molar-refractivity contribution is 0.111. The first-order valence-electron chi connectivity index (χ1n) is 4.06. The van der Waals surface area contributed by atoms with Crippen molar-refractivity contribution in [3.05, 3.63) is 24.0 Å². The van der Waals surface area contributed by atoms with Crippen LogP contribution in [0.15, 0.2) is 18.3 Å². The minimum atomic E-state index is 0.770. The Hall–Kier alpha value is -0.700. The quantitative estimate of drug-likeness (QED) is 0.515. The van der Waals surface area contributed by atoms with Gasteiger partial charge < -0.3 is 4.57 Å². The van der Waals surface area contributed by atoms with Gasteiger partial charge in [-0.3, -0.25) is 4.79 Å². The zero-order chi connectivity index (χ0) is 8.81. The van der Waals surface area contributed by atoms with E-state index in [-0.39, 0.29) is 0 Å². The Morgan fingerprint density at radius 3 is 3.17 bits per heavy atom. The zero-order valence-electron chi connectivity index (χ0n) is 7.19. The van der Waals surface area contributed by atoms with Crippen LogP contribution in [0.1, 0.15) is 17.4 Å². The van der Waals surface area contributed by atoms with Gasteiger partial charge in [0, 0.05) is 18.5 Å². The number of hydrogen-bond donors (Lipinski definition) is 0. The lowest BCUT2D eigenvalue weighted by Gasteiger charge is -2.03. The Labute approximate surface area is 77.0 Å². The molecule has 0 fully saturated rings. The van der Waals surface area contributed by atoms with E-state index >= 15 is 0 Å². The number of carbonyl (C=O) groups is 1. The molecule has 0 amide bonds. The molecule has 0 atom stereocenters. The van der Waals surface area contributed by atoms with Gasteiger partial charge in [-0.05, 0) is 17.9 Å². The van der Waals surface area contributed by atoms with Crippen LogP contribution in [-0.4, -0.2) is 22.4 Å². The number of rotatable bonds is 5. The minimum Gasteiger partial charge on any atom is -0.345 e. The molecule has 1 aromatic rings. The largest absolute Gasteiger partial charge is 0.345 e. The SMILES string of the molecule is CCSCCn1cccc1C=O. The van der Waals surface area contributed by atoms with Gasteiger partial charge >= 0.3 is 0 Å². The summed E-state index contributed by atoms with van der Waals surface area (Å²) in [5, 5.41) is 0. The molecular weight excluding hydrogens is 170 g/mol. The van der Waals surface area contributed by atoms with E-state index in [1.54, 1.807) is 0 Å². The Kier molecular flexibility index (Phi) is 3.94. The fraction of sp³-hybridized carbons (Fsp3) is 0.444. The van der Waals surface area contributed by atoms with E-state index in [2.05, 4.69) is 6.92 Å². The Balaban J connectivity index is 2.45. The topological polar surface area (TPSA) is 22.0 Å². The van der Waals surface area contributed by atoms with Gasteiger partial charge in [0.05, 0.1) is 5.69 Å². The van der Waals surface area contributed by atoms with Crippen molar-refractivity contribution in [2.75, 3.05) is 11.5 Å². The molecule has 0 aromatic carbocycles. The van der Waals surface area contributed by atoms with Gasteiger partial charge in [-0.25, -0.2) is 0 Å². The molecule has 0 spiro atoms. The van der Waals surface area contributed by atoms with E-state index in [4.69, 9.17) is 0 Å². The van der Waals surface area contributed by atoms with Gasteiger partial charge in [0.1, 0.15) is 0 Å². The summed E-state index contributed by atoms with van der Waals surface area (Å²) < 4.78 is 1.98. The number of aldehydes is 1.